The zero-order valence-electron chi connectivity index (χ0n) is 16.9. The zero-order chi connectivity index (χ0) is 21.9. The van der Waals surface area contributed by atoms with Crippen LogP contribution in [0.1, 0.15) is 17.4 Å². The number of esters is 1. The van der Waals surface area contributed by atoms with Crippen LogP contribution in [0.15, 0.2) is 52.2 Å². The maximum atomic E-state index is 12.2. The summed E-state index contributed by atoms with van der Waals surface area (Å²) < 4.78 is 5.59. The van der Waals surface area contributed by atoms with Crippen LogP contribution in [0.2, 0.25) is 0 Å². The number of thiophene rings is 1. The van der Waals surface area contributed by atoms with Crippen LogP contribution in [0.25, 0.3) is 6.08 Å². The van der Waals surface area contributed by atoms with Crippen LogP contribution in [-0.4, -0.2) is 41.0 Å². The second-order valence-electron chi connectivity index (χ2n) is 6.17. The third-order valence-corrected chi connectivity index (χ3v) is 6.80. The van der Waals surface area contributed by atoms with E-state index in [1.807, 2.05) is 18.2 Å². The maximum Gasteiger partial charge on any atom is 0.330 e. The highest BCUT2D eigenvalue weighted by atomic mass is 32.2. The Labute approximate surface area is 192 Å². The van der Waals surface area contributed by atoms with Gasteiger partial charge in [-0.1, -0.05) is 41.3 Å². The van der Waals surface area contributed by atoms with Crippen molar-refractivity contribution >= 4 is 63.2 Å². The first-order valence-corrected chi connectivity index (χ1v) is 12.3. The number of amides is 1. The molecular formula is C21H22N4O3S3. The normalized spacial score (nSPS) is 10.9. The van der Waals surface area contributed by atoms with E-state index in [9.17, 15) is 9.59 Å². The third kappa shape index (κ3) is 8.16. The summed E-state index contributed by atoms with van der Waals surface area (Å²) in [7, 11) is 0. The van der Waals surface area contributed by atoms with Gasteiger partial charge in [-0.2, -0.15) is 0 Å². The second kappa shape index (κ2) is 12.2. The number of ether oxygens (including phenoxy) is 1. The Morgan fingerprint density at radius 1 is 1.19 bits per heavy atom. The largest absolute Gasteiger partial charge is 0.463 e. The highest BCUT2D eigenvalue weighted by Gasteiger charge is 2.09. The molecule has 2 heterocycles. The van der Waals surface area contributed by atoms with Gasteiger partial charge in [0.05, 0.1) is 12.4 Å². The van der Waals surface area contributed by atoms with Crippen molar-refractivity contribution in [2.75, 3.05) is 29.5 Å². The highest BCUT2D eigenvalue weighted by Crippen LogP contribution is 2.25. The van der Waals surface area contributed by atoms with Gasteiger partial charge in [0.1, 0.15) is 0 Å². The molecule has 2 N–H and O–H groups in total. The number of hydrogen-bond acceptors (Lipinski definition) is 9. The van der Waals surface area contributed by atoms with Gasteiger partial charge in [0.15, 0.2) is 4.34 Å². The van der Waals surface area contributed by atoms with E-state index in [0.29, 0.717) is 12.3 Å². The molecule has 1 aromatic carbocycles. The predicted octanol–water partition coefficient (Wildman–Crippen LogP) is 4.56. The SMILES string of the molecule is CCOC(=O)/C=C/c1ccc(NC(=O)CSc2nnc(NCCc3cccs3)s2)cc1. The van der Waals surface area contributed by atoms with E-state index in [-0.39, 0.29) is 17.6 Å². The smallest absolute Gasteiger partial charge is 0.330 e. The molecule has 0 bridgehead atoms. The molecule has 0 aliphatic carbocycles. The second-order valence-corrected chi connectivity index (χ2v) is 9.41. The number of anilines is 2. The van der Waals surface area contributed by atoms with Gasteiger partial charge in [-0.3, -0.25) is 4.79 Å². The fourth-order valence-corrected chi connectivity index (χ4v) is 4.73. The molecule has 10 heteroatoms. The Balaban J connectivity index is 1.39. The van der Waals surface area contributed by atoms with E-state index in [2.05, 4.69) is 32.3 Å². The van der Waals surface area contributed by atoms with Crippen LogP contribution in [-0.2, 0) is 20.7 Å². The van der Waals surface area contributed by atoms with E-state index >= 15 is 0 Å². The first-order chi connectivity index (χ1) is 15.1. The van der Waals surface area contributed by atoms with Crippen LogP contribution >= 0.6 is 34.4 Å². The number of thioether (sulfide) groups is 1. The van der Waals surface area contributed by atoms with Gasteiger partial charge in [-0.25, -0.2) is 4.79 Å². The first kappa shape index (κ1) is 23.0. The van der Waals surface area contributed by atoms with Crippen LogP contribution in [0.4, 0.5) is 10.8 Å². The molecule has 3 rings (SSSR count). The van der Waals surface area contributed by atoms with Crippen molar-refractivity contribution in [2.45, 2.75) is 17.7 Å². The fraction of sp³-hybridized carbons (Fsp3) is 0.238. The maximum absolute atomic E-state index is 12.2. The van der Waals surface area contributed by atoms with Gasteiger partial charge in [-0.15, -0.1) is 21.5 Å². The predicted molar refractivity (Wildman–Crippen MR) is 128 cm³/mol. The molecule has 0 aliphatic heterocycles. The van der Waals surface area contributed by atoms with E-state index < -0.39 is 0 Å². The minimum absolute atomic E-state index is 0.123. The average Bonchev–Trinajstić information content (AvgIpc) is 3.44. The monoisotopic (exact) mass is 474 g/mol. The molecule has 1 amide bonds. The lowest BCUT2D eigenvalue weighted by Crippen LogP contribution is -2.13. The Hall–Kier alpha value is -2.69. The molecule has 7 nitrogen and oxygen atoms in total. The van der Waals surface area contributed by atoms with Gasteiger partial charge in [-0.05, 0) is 48.6 Å². The van der Waals surface area contributed by atoms with E-state index in [1.54, 1.807) is 36.5 Å². The van der Waals surface area contributed by atoms with Crippen LogP contribution < -0.4 is 10.6 Å². The summed E-state index contributed by atoms with van der Waals surface area (Å²) in [5.41, 5.74) is 1.53. The summed E-state index contributed by atoms with van der Waals surface area (Å²) in [4.78, 5) is 24.9. The summed E-state index contributed by atoms with van der Waals surface area (Å²) in [5.74, 6) is -0.259. The third-order valence-electron chi connectivity index (χ3n) is 3.85. The van der Waals surface area contributed by atoms with Gasteiger partial charge >= 0.3 is 5.97 Å². The van der Waals surface area contributed by atoms with Crippen molar-refractivity contribution in [2.24, 2.45) is 0 Å². The van der Waals surface area contributed by atoms with Crippen molar-refractivity contribution in [3.05, 3.63) is 58.3 Å². The lowest BCUT2D eigenvalue weighted by atomic mass is 10.2. The number of rotatable bonds is 11. The Morgan fingerprint density at radius 3 is 2.77 bits per heavy atom. The number of hydrogen-bond donors (Lipinski definition) is 2. The number of nitrogens with one attached hydrogen (secondary N) is 2. The minimum atomic E-state index is -0.380. The zero-order valence-corrected chi connectivity index (χ0v) is 19.3. The summed E-state index contributed by atoms with van der Waals surface area (Å²) in [6.07, 6.45) is 3.99. The number of carbonyl (C=O) groups excluding carboxylic acids is 2. The van der Waals surface area contributed by atoms with E-state index in [0.717, 1.165) is 28.0 Å². The molecule has 0 aliphatic rings. The molecule has 0 fully saturated rings. The van der Waals surface area contributed by atoms with Crippen molar-refractivity contribution in [3.8, 4) is 0 Å². The quantitative estimate of drug-likeness (QED) is 0.239. The van der Waals surface area contributed by atoms with Gasteiger partial charge in [0, 0.05) is 23.2 Å². The fourth-order valence-electron chi connectivity index (χ4n) is 2.44. The minimum Gasteiger partial charge on any atom is -0.463 e. The molecule has 0 atom stereocenters. The molecule has 0 spiro atoms. The highest BCUT2D eigenvalue weighted by molar-refractivity contribution is 8.01. The standard InChI is InChI=1S/C21H22N4O3S3/c1-2-28-19(27)10-7-15-5-8-16(9-6-15)23-18(26)14-30-21-25-24-20(31-21)22-12-11-17-4-3-13-29-17/h3-10,13H,2,11-12,14H2,1H3,(H,22,24)(H,23,26)/b10-7+. The molecular weight excluding hydrogens is 452 g/mol. The topological polar surface area (TPSA) is 93.2 Å². The number of nitrogens with zero attached hydrogens (tertiary/aromatic N) is 2. The van der Waals surface area contributed by atoms with Gasteiger partial charge in [0.2, 0.25) is 11.0 Å². The lowest BCUT2D eigenvalue weighted by Gasteiger charge is -2.04. The Kier molecular flexibility index (Phi) is 9.07. The average molecular weight is 475 g/mol. The molecule has 0 saturated carbocycles. The Morgan fingerprint density at radius 2 is 2.03 bits per heavy atom. The summed E-state index contributed by atoms with van der Waals surface area (Å²) in [6.45, 7) is 2.90. The molecule has 31 heavy (non-hydrogen) atoms. The molecule has 2 aromatic heterocycles. The Bertz CT molecular complexity index is 1000. The van der Waals surface area contributed by atoms with Crippen LogP contribution in [0.3, 0.4) is 0 Å². The molecule has 0 unspecified atom stereocenters. The first-order valence-electron chi connectivity index (χ1n) is 9.59. The summed E-state index contributed by atoms with van der Waals surface area (Å²) >= 11 is 4.53. The number of aromatic nitrogens is 2. The molecule has 3 aromatic rings. The van der Waals surface area contributed by atoms with Crippen molar-refractivity contribution in [3.63, 3.8) is 0 Å². The lowest BCUT2D eigenvalue weighted by molar-refractivity contribution is -0.137. The molecule has 0 radical (unpaired) electrons. The number of benzene rings is 1. The van der Waals surface area contributed by atoms with Crippen molar-refractivity contribution in [1.29, 1.82) is 0 Å². The van der Waals surface area contributed by atoms with Crippen molar-refractivity contribution < 1.29 is 14.3 Å². The molecule has 162 valence electrons. The summed E-state index contributed by atoms with van der Waals surface area (Å²) in [5, 5.41) is 17.2. The van der Waals surface area contributed by atoms with Crippen molar-refractivity contribution in [1.82, 2.24) is 10.2 Å². The van der Waals surface area contributed by atoms with Gasteiger partial charge < -0.3 is 15.4 Å². The van der Waals surface area contributed by atoms with Crippen LogP contribution in [0.5, 0.6) is 0 Å². The van der Waals surface area contributed by atoms with Crippen LogP contribution in [0, 0.1) is 0 Å². The van der Waals surface area contributed by atoms with E-state index in [4.69, 9.17) is 4.74 Å². The number of carbonyl (C=O) groups is 2. The van der Waals surface area contributed by atoms with Gasteiger partial charge in [0.25, 0.3) is 0 Å². The molecule has 0 saturated heterocycles. The summed E-state index contributed by atoms with van der Waals surface area (Å²) in [6, 6.07) is 11.4. The van der Waals surface area contributed by atoms with E-state index in [1.165, 1.54) is 34.1 Å².